The first-order chi connectivity index (χ1) is 10.8. The topological polar surface area (TPSA) is 60.2 Å². The van der Waals surface area contributed by atoms with E-state index < -0.39 is 5.60 Å². The van der Waals surface area contributed by atoms with E-state index in [4.69, 9.17) is 4.74 Å². The van der Waals surface area contributed by atoms with Crippen LogP contribution in [0.3, 0.4) is 0 Å². The minimum absolute atomic E-state index is 0.218. The van der Waals surface area contributed by atoms with E-state index in [1.807, 2.05) is 50.8 Å². The van der Waals surface area contributed by atoms with Crippen LogP contribution in [-0.2, 0) is 18.2 Å². The van der Waals surface area contributed by atoms with E-state index in [1.165, 1.54) is 0 Å². The number of aromatic nitrogens is 3. The molecule has 1 aliphatic heterocycles. The Morgan fingerprint density at radius 3 is 2.96 bits per heavy atom. The van der Waals surface area contributed by atoms with Crippen LogP contribution in [0.15, 0.2) is 18.5 Å². The van der Waals surface area contributed by atoms with Crippen LogP contribution in [0.1, 0.15) is 32.9 Å². The fourth-order valence-electron chi connectivity index (χ4n) is 2.96. The highest BCUT2D eigenvalue weighted by Gasteiger charge is 2.30. The van der Waals surface area contributed by atoms with Gasteiger partial charge < -0.3 is 14.2 Å². The van der Waals surface area contributed by atoms with Crippen molar-refractivity contribution in [2.45, 2.75) is 39.2 Å². The third-order valence-corrected chi connectivity index (χ3v) is 4.05. The molecule has 0 aliphatic carbocycles. The Bertz CT molecular complexity index is 717. The van der Waals surface area contributed by atoms with Gasteiger partial charge in [-0.2, -0.15) is 0 Å². The molecule has 1 amide bonds. The first-order valence-corrected chi connectivity index (χ1v) is 8.07. The zero-order valence-corrected chi connectivity index (χ0v) is 14.2. The van der Waals surface area contributed by atoms with Crippen molar-refractivity contribution in [2.75, 3.05) is 13.1 Å². The Kier molecular flexibility index (Phi) is 4.00. The molecule has 3 heterocycles. The van der Waals surface area contributed by atoms with Gasteiger partial charge in [-0.15, -0.1) is 0 Å². The summed E-state index contributed by atoms with van der Waals surface area (Å²) in [5.74, 6) is 0.415. The molecule has 3 rings (SSSR count). The quantitative estimate of drug-likeness (QED) is 0.855. The van der Waals surface area contributed by atoms with E-state index in [0.29, 0.717) is 5.92 Å². The van der Waals surface area contributed by atoms with Crippen LogP contribution in [-0.4, -0.2) is 44.2 Å². The van der Waals surface area contributed by atoms with E-state index >= 15 is 0 Å². The van der Waals surface area contributed by atoms with E-state index in [-0.39, 0.29) is 6.09 Å². The Labute approximate surface area is 136 Å². The average Bonchev–Trinajstić information content (AvgIpc) is 3.05. The van der Waals surface area contributed by atoms with Crippen molar-refractivity contribution in [1.82, 2.24) is 19.4 Å². The van der Waals surface area contributed by atoms with Crippen molar-refractivity contribution in [3.8, 4) is 0 Å². The summed E-state index contributed by atoms with van der Waals surface area (Å²) >= 11 is 0. The molecule has 2 aromatic heterocycles. The molecule has 0 N–H and O–H groups in total. The molecule has 1 atom stereocenters. The minimum Gasteiger partial charge on any atom is -0.444 e. The second-order valence-corrected chi connectivity index (χ2v) is 7.28. The molecule has 124 valence electrons. The lowest BCUT2D eigenvalue weighted by Crippen LogP contribution is -2.35. The molecule has 0 unspecified atom stereocenters. The van der Waals surface area contributed by atoms with Gasteiger partial charge in [0.15, 0.2) is 5.65 Å². The van der Waals surface area contributed by atoms with Gasteiger partial charge >= 0.3 is 6.09 Å². The summed E-state index contributed by atoms with van der Waals surface area (Å²) in [7, 11) is 1.96. The second kappa shape index (κ2) is 5.83. The third-order valence-electron chi connectivity index (χ3n) is 4.05. The Hall–Kier alpha value is -2.11. The molecule has 1 saturated heterocycles. The van der Waals surface area contributed by atoms with E-state index in [1.54, 1.807) is 4.90 Å². The highest BCUT2D eigenvalue weighted by atomic mass is 16.6. The largest absolute Gasteiger partial charge is 0.444 e. The molecule has 0 bridgehead atoms. The normalized spacial score (nSPS) is 18.6. The lowest BCUT2D eigenvalue weighted by atomic mass is 10.0. The third kappa shape index (κ3) is 3.63. The summed E-state index contributed by atoms with van der Waals surface area (Å²) in [6, 6.07) is 1.98. The van der Waals surface area contributed by atoms with Crippen LogP contribution in [0.2, 0.25) is 0 Å². The predicted octanol–water partition coefficient (Wildman–Crippen LogP) is 2.77. The van der Waals surface area contributed by atoms with Crippen LogP contribution in [0.25, 0.3) is 11.2 Å². The van der Waals surface area contributed by atoms with E-state index in [2.05, 4.69) is 9.97 Å². The maximum atomic E-state index is 12.1. The Morgan fingerprint density at radius 2 is 2.22 bits per heavy atom. The first kappa shape index (κ1) is 15.8. The number of amides is 1. The van der Waals surface area contributed by atoms with Crippen LogP contribution >= 0.6 is 0 Å². The monoisotopic (exact) mass is 316 g/mol. The summed E-state index contributed by atoms with van der Waals surface area (Å²) in [5, 5.41) is 0. The summed E-state index contributed by atoms with van der Waals surface area (Å²) in [6.45, 7) is 7.15. The van der Waals surface area contributed by atoms with Gasteiger partial charge in [0.1, 0.15) is 11.1 Å². The second-order valence-electron chi connectivity index (χ2n) is 7.28. The van der Waals surface area contributed by atoms with Gasteiger partial charge in [0.25, 0.3) is 0 Å². The number of hydrogen-bond acceptors (Lipinski definition) is 4. The van der Waals surface area contributed by atoms with Gasteiger partial charge in [0, 0.05) is 26.3 Å². The maximum Gasteiger partial charge on any atom is 0.410 e. The number of rotatable bonds is 2. The fourth-order valence-corrected chi connectivity index (χ4v) is 2.96. The van der Waals surface area contributed by atoms with Crippen LogP contribution < -0.4 is 0 Å². The number of ether oxygens (including phenoxy) is 1. The van der Waals surface area contributed by atoms with Gasteiger partial charge in [-0.1, -0.05) is 0 Å². The average molecular weight is 316 g/mol. The molecule has 0 spiro atoms. The first-order valence-electron chi connectivity index (χ1n) is 8.07. The highest BCUT2D eigenvalue weighted by molar-refractivity contribution is 5.71. The van der Waals surface area contributed by atoms with E-state index in [9.17, 15) is 4.79 Å². The molecule has 0 saturated carbocycles. The molecule has 6 heteroatoms. The van der Waals surface area contributed by atoms with Crippen molar-refractivity contribution in [1.29, 1.82) is 0 Å². The molecule has 1 aliphatic rings. The Morgan fingerprint density at radius 1 is 1.43 bits per heavy atom. The summed E-state index contributed by atoms with van der Waals surface area (Å²) < 4.78 is 7.40. The number of fused-ring (bicyclic) bond motifs is 1. The molecular weight excluding hydrogens is 292 g/mol. The number of likely N-dealkylation sites (tertiary alicyclic amines) is 1. The zero-order chi connectivity index (χ0) is 16.6. The minimum atomic E-state index is -0.445. The smallest absolute Gasteiger partial charge is 0.410 e. The number of aryl methyl sites for hydroxylation is 1. The molecule has 2 aromatic rings. The van der Waals surface area contributed by atoms with Crippen LogP contribution in [0.5, 0.6) is 0 Å². The summed E-state index contributed by atoms with van der Waals surface area (Å²) in [4.78, 5) is 23.1. The van der Waals surface area contributed by atoms with Crippen molar-refractivity contribution in [2.24, 2.45) is 13.0 Å². The number of carbonyl (C=O) groups is 1. The summed E-state index contributed by atoms with van der Waals surface area (Å²) in [5.41, 5.74) is 2.36. The lowest BCUT2D eigenvalue weighted by molar-refractivity contribution is 0.0288. The van der Waals surface area contributed by atoms with Crippen molar-refractivity contribution >= 4 is 17.3 Å². The van der Waals surface area contributed by atoms with Crippen molar-refractivity contribution in [3.05, 3.63) is 24.2 Å². The number of carbonyl (C=O) groups excluding carboxylic acids is 1. The van der Waals surface area contributed by atoms with Gasteiger partial charge in [-0.25, -0.2) is 14.8 Å². The van der Waals surface area contributed by atoms with Gasteiger partial charge in [-0.3, -0.25) is 0 Å². The van der Waals surface area contributed by atoms with Gasteiger partial charge in [-0.05, 0) is 45.6 Å². The number of hydrogen-bond donors (Lipinski definition) is 0. The molecular formula is C17H24N4O2. The highest BCUT2D eigenvalue weighted by Crippen LogP contribution is 2.22. The van der Waals surface area contributed by atoms with Crippen LogP contribution in [0, 0.1) is 5.92 Å². The number of nitrogens with zero attached hydrogens (tertiary/aromatic N) is 4. The zero-order valence-electron chi connectivity index (χ0n) is 14.2. The molecule has 1 fully saturated rings. The van der Waals surface area contributed by atoms with Gasteiger partial charge in [0.05, 0.1) is 11.9 Å². The molecule has 0 aromatic carbocycles. The summed E-state index contributed by atoms with van der Waals surface area (Å²) in [6.07, 6.45) is 5.42. The fraction of sp³-hybridized carbons (Fsp3) is 0.588. The molecule has 6 nitrogen and oxygen atoms in total. The van der Waals surface area contributed by atoms with Gasteiger partial charge in [0.2, 0.25) is 0 Å². The SMILES string of the molecule is Cn1ccc2nc(C[C@@H]3CCN(C(=O)OC(C)(C)C)C3)cnc21. The molecule has 0 radical (unpaired) electrons. The molecule has 23 heavy (non-hydrogen) atoms. The van der Waals surface area contributed by atoms with Crippen molar-refractivity contribution in [3.63, 3.8) is 0 Å². The van der Waals surface area contributed by atoms with Crippen molar-refractivity contribution < 1.29 is 9.53 Å². The van der Waals surface area contributed by atoms with E-state index in [0.717, 1.165) is 42.8 Å². The van der Waals surface area contributed by atoms with Crippen LogP contribution in [0.4, 0.5) is 4.79 Å². The lowest BCUT2D eigenvalue weighted by Gasteiger charge is -2.24. The maximum absolute atomic E-state index is 12.1. The predicted molar refractivity (Wildman–Crippen MR) is 88.1 cm³/mol. The standard InChI is InChI=1S/C17H24N4O2/c1-17(2,3)23-16(22)21-8-5-12(11-21)9-13-10-18-15-14(19-13)6-7-20(15)4/h6-7,10,12H,5,8-9,11H2,1-4H3/t12-/m0/s1. The Balaban J connectivity index is 1.61.